The molecule has 1 aromatic carbocycles. The van der Waals surface area contributed by atoms with Crippen LogP contribution in [0.25, 0.3) is 11.0 Å². The first-order valence-electron chi connectivity index (χ1n) is 10.0. The van der Waals surface area contributed by atoms with E-state index in [2.05, 4.69) is 31.5 Å². The zero-order chi connectivity index (χ0) is 21.4. The van der Waals surface area contributed by atoms with Crippen molar-refractivity contribution in [2.45, 2.75) is 25.3 Å². The molecule has 7 heteroatoms. The minimum atomic E-state index is -0.0106. The van der Waals surface area contributed by atoms with Crippen LogP contribution < -0.4 is 0 Å². The van der Waals surface area contributed by atoms with E-state index >= 15 is 0 Å². The van der Waals surface area contributed by atoms with Crippen LogP contribution in [0.2, 0.25) is 0 Å². The molecular formula is C23H25BrN4O2. The minimum absolute atomic E-state index is 0.0106. The summed E-state index contributed by atoms with van der Waals surface area (Å²) in [5, 5.41) is 1.06. The topological polar surface area (TPSA) is 58.4 Å². The minimum Gasteiger partial charge on any atom is -0.345 e. The Balaban J connectivity index is 1.45. The number of carbonyl (C=O) groups excluding carboxylic acids is 2. The highest BCUT2D eigenvalue weighted by atomic mass is 79.9. The summed E-state index contributed by atoms with van der Waals surface area (Å²) in [6.45, 7) is 1.30. The van der Waals surface area contributed by atoms with E-state index in [1.165, 1.54) is 0 Å². The quantitative estimate of drug-likeness (QED) is 0.582. The molecule has 1 fully saturated rings. The number of aryl methyl sites for hydroxylation is 1. The molecule has 1 saturated heterocycles. The zero-order valence-corrected chi connectivity index (χ0v) is 19.0. The van der Waals surface area contributed by atoms with Gasteiger partial charge in [0.15, 0.2) is 0 Å². The summed E-state index contributed by atoms with van der Waals surface area (Å²) in [7, 11) is 5.48. The second kappa shape index (κ2) is 8.22. The average Bonchev–Trinajstić information content (AvgIpc) is 3.06. The van der Waals surface area contributed by atoms with E-state index in [4.69, 9.17) is 0 Å². The van der Waals surface area contributed by atoms with E-state index in [9.17, 15) is 9.59 Å². The van der Waals surface area contributed by atoms with E-state index in [1.54, 1.807) is 25.2 Å². The summed E-state index contributed by atoms with van der Waals surface area (Å²) >= 11 is 3.58. The molecule has 2 amide bonds. The van der Waals surface area contributed by atoms with Crippen LogP contribution in [-0.4, -0.2) is 51.8 Å². The maximum atomic E-state index is 12.9. The van der Waals surface area contributed by atoms with Gasteiger partial charge in [-0.25, -0.2) is 4.98 Å². The molecule has 1 aliphatic rings. The van der Waals surface area contributed by atoms with Crippen LogP contribution in [0.3, 0.4) is 0 Å². The Bertz CT molecular complexity index is 1100. The number of benzene rings is 1. The molecule has 0 bridgehead atoms. The second-order valence-corrected chi connectivity index (χ2v) is 8.91. The first kappa shape index (κ1) is 20.6. The van der Waals surface area contributed by atoms with Crippen molar-refractivity contribution in [3.8, 4) is 0 Å². The normalized spacial score (nSPS) is 16.9. The van der Waals surface area contributed by atoms with Gasteiger partial charge >= 0.3 is 0 Å². The Morgan fingerprint density at radius 3 is 2.60 bits per heavy atom. The van der Waals surface area contributed by atoms with Crippen molar-refractivity contribution in [1.29, 1.82) is 0 Å². The SMILES string of the molecule is CN(C)C(=O)c1ccc([C@@H]2CCN(Cc3cc4c(Br)ccnc4n3C)C(=O)C2)cc1. The molecule has 3 heterocycles. The van der Waals surface area contributed by atoms with Crippen LogP contribution >= 0.6 is 15.9 Å². The third-order valence-corrected chi connectivity index (χ3v) is 6.58. The standard InChI is InChI=1S/C23H25BrN4O2/c1-26(2)23(30)16-6-4-15(5-7-16)17-9-11-28(21(29)12-17)14-18-13-19-20(24)8-10-25-22(19)27(18)3/h4-8,10,13,17H,9,11-12,14H2,1-3H3/t17-/m1/s1. The fourth-order valence-corrected chi connectivity index (χ4v) is 4.48. The maximum absolute atomic E-state index is 12.9. The number of hydrogen-bond acceptors (Lipinski definition) is 3. The van der Waals surface area contributed by atoms with Gasteiger partial charge in [0.05, 0.1) is 6.54 Å². The smallest absolute Gasteiger partial charge is 0.253 e. The molecule has 1 atom stereocenters. The Hall–Kier alpha value is -2.67. The maximum Gasteiger partial charge on any atom is 0.253 e. The third-order valence-electron chi connectivity index (χ3n) is 5.88. The van der Waals surface area contributed by atoms with Crippen molar-refractivity contribution in [2.24, 2.45) is 7.05 Å². The van der Waals surface area contributed by atoms with Gasteiger partial charge in [0.2, 0.25) is 5.91 Å². The summed E-state index contributed by atoms with van der Waals surface area (Å²) in [6.07, 6.45) is 3.19. The molecular weight excluding hydrogens is 444 g/mol. The highest BCUT2D eigenvalue weighted by Gasteiger charge is 2.28. The van der Waals surface area contributed by atoms with E-state index in [0.717, 1.165) is 39.7 Å². The molecule has 0 aliphatic carbocycles. The Morgan fingerprint density at radius 2 is 1.97 bits per heavy atom. The number of rotatable bonds is 4. The van der Waals surface area contributed by atoms with E-state index < -0.39 is 0 Å². The van der Waals surface area contributed by atoms with Gasteiger partial charge < -0.3 is 14.4 Å². The van der Waals surface area contributed by atoms with Crippen molar-refractivity contribution >= 4 is 38.8 Å². The fourth-order valence-electron chi connectivity index (χ4n) is 4.07. The average molecular weight is 469 g/mol. The van der Waals surface area contributed by atoms with Crippen molar-refractivity contribution in [1.82, 2.24) is 19.4 Å². The Morgan fingerprint density at radius 1 is 1.23 bits per heavy atom. The summed E-state index contributed by atoms with van der Waals surface area (Å²) in [6, 6.07) is 11.7. The largest absolute Gasteiger partial charge is 0.345 e. The number of hydrogen-bond donors (Lipinski definition) is 0. The lowest BCUT2D eigenvalue weighted by Gasteiger charge is -2.32. The van der Waals surface area contributed by atoms with Gasteiger partial charge in [0, 0.05) is 61.4 Å². The molecule has 0 saturated carbocycles. The van der Waals surface area contributed by atoms with Crippen LogP contribution in [-0.2, 0) is 18.4 Å². The molecule has 1 aliphatic heterocycles. The van der Waals surface area contributed by atoms with Gasteiger partial charge in [-0.2, -0.15) is 0 Å². The molecule has 0 N–H and O–H groups in total. The lowest BCUT2D eigenvalue weighted by atomic mass is 9.88. The monoisotopic (exact) mass is 468 g/mol. The lowest BCUT2D eigenvalue weighted by Crippen LogP contribution is -2.38. The van der Waals surface area contributed by atoms with Gasteiger partial charge in [0.1, 0.15) is 5.65 Å². The summed E-state index contributed by atoms with van der Waals surface area (Å²) in [5.74, 6) is 0.348. The van der Waals surface area contributed by atoms with E-state index in [0.29, 0.717) is 18.5 Å². The molecule has 6 nitrogen and oxygen atoms in total. The number of piperidine rings is 1. The van der Waals surface area contributed by atoms with Crippen LogP contribution in [0.5, 0.6) is 0 Å². The molecule has 0 spiro atoms. The van der Waals surface area contributed by atoms with Crippen LogP contribution in [0.1, 0.15) is 40.4 Å². The Labute approximate surface area is 184 Å². The van der Waals surface area contributed by atoms with Crippen LogP contribution in [0.4, 0.5) is 0 Å². The van der Waals surface area contributed by atoms with Crippen molar-refractivity contribution in [3.05, 3.63) is 63.9 Å². The fraction of sp³-hybridized carbons (Fsp3) is 0.348. The number of amides is 2. The van der Waals surface area contributed by atoms with Crippen molar-refractivity contribution < 1.29 is 9.59 Å². The number of fused-ring (bicyclic) bond motifs is 1. The number of nitrogens with zero attached hydrogens (tertiary/aromatic N) is 4. The third kappa shape index (κ3) is 3.86. The number of halogens is 1. The Kier molecular flexibility index (Phi) is 5.64. The summed E-state index contributed by atoms with van der Waals surface area (Å²) in [4.78, 5) is 32.9. The highest BCUT2D eigenvalue weighted by molar-refractivity contribution is 9.10. The van der Waals surface area contributed by atoms with Gasteiger partial charge in [-0.15, -0.1) is 0 Å². The highest BCUT2D eigenvalue weighted by Crippen LogP contribution is 2.31. The second-order valence-electron chi connectivity index (χ2n) is 8.05. The number of likely N-dealkylation sites (tertiary alicyclic amines) is 1. The van der Waals surface area contributed by atoms with Gasteiger partial charge in [-0.1, -0.05) is 12.1 Å². The van der Waals surface area contributed by atoms with E-state index in [1.807, 2.05) is 42.3 Å². The molecule has 156 valence electrons. The van der Waals surface area contributed by atoms with Gasteiger partial charge in [-0.3, -0.25) is 9.59 Å². The number of pyridine rings is 1. The molecule has 4 rings (SSSR count). The predicted molar refractivity (Wildman–Crippen MR) is 120 cm³/mol. The summed E-state index contributed by atoms with van der Waals surface area (Å²) < 4.78 is 3.07. The van der Waals surface area contributed by atoms with Gasteiger partial charge in [-0.05, 0) is 58.1 Å². The molecule has 2 aromatic heterocycles. The predicted octanol–water partition coefficient (Wildman–Crippen LogP) is 3.94. The summed E-state index contributed by atoms with van der Waals surface area (Å²) in [5.41, 5.74) is 3.77. The van der Waals surface area contributed by atoms with E-state index in [-0.39, 0.29) is 17.7 Å². The molecule has 3 aromatic rings. The lowest BCUT2D eigenvalue weighted by molar-refractivity contribution is -0.134. The zero-order valence-electron chi connectivity index (χ0n) is 17.4. The van der Waals surface area contributed by atoms with Crippen LogP contribution in [0.15, 0.2) is 47.1 Å². The van der Waals surface area contributed by atoms with Gasteiger partial charge in [0.25, 0.3) is 5.91 Å². The van der Waals surface area contributed by atoms with Crippen molar-refractivity contribution in [2.75, 3.05) is 20.6 Å². The van der Waals surface area contributed by atoms with Crippen LogP contribution in [0, 0.1) is 0 Å². The van der Waals surface area contributed by atoms with Crippen molar-refractivity contribution in [3.63, 3.8) is 0 Å². The number of carbonyl (C=O) groups is 2. The first-order chi connectivity index (χ1) is 14.3. The number of aromatic nitrogens is 2. The molecule has 0 radical (unpaired) electrons. The molecule has 0 unspecified atom stereocenters. The first-order valence-corrected chi connectivity index (χ1v) is 10.8. The molecule has 30 heavy (non-hydrogen) atoms.